The van der Waals surface area contributed by atoms with Crippen molar-refractivity contribution in [3.05, 3.63) is 29.8 Å². The first-order valence-electron chi connectivity index (χ1n) is 8.62. The molecule has 0 spiro atoms. The van der Waals surface area contributed by atoms with E-state index in [1.165, 1.54) is 36.9 Å². The summed E-state index contributed by atoms with van der Waals surface area (Å²) in [5, 5.41) is 3.75. The van der Waals surface area contributed by atoms with Crippen LogP contribution in [0.3, 0.4) is 0 Å². The molecule has 1 fully saturated rings. The Labute approximate surface area is 130 Å². The van der Waals surface area contributed by atoms with Gasteiger partial charge in [-0.2, -0.15) is 0 Å². The second kappa shape index (κ2) is 7.31. The fourth-order valence-electron chi connectivity index (χ4n) is 3.25. The minimum atomic E-state index is 0.357. The smallest absolute Gasteiger partial charge is 0.0396 e. The number of rotatable bonds is 9. The van der Waals surface area contributed by atoms with Gasteiger partial charge in [-0.15, -0.1) is 0 Å². The Hall–Kier alpha value is -1.02. The van der Waals surface area contributed by atoms with Gasteiger partial charge in [0.2, 0.25) is 0 Å². The molecule has 118 valence electrons. The van der Waals surface area contributed by atoms with Crippen molar-refractivity contribution in [1.29, 1.82) is 0 Å². The lowest BCUT2D eigenvalue weighted by Gasteiger charge is -2.37. The molecule has 1 unspecified atom stereocenters. The van der Waals surface area contributed by atoms with Crippen LogP contribution >= 0.6 is 0 Å². The average Bonchev–Trinajstić information content (AvgIpc) is 3.28. The molecule has 1 aromatic rings. The van der Waals surface area contributed by atoms with Crippen LogP contribution in [-0.4, -0.2) is 25.7 Å². The second-order valence-electron chi connectivity index (χ2n) is 7.02. The van der Waals surface area contributed by atoms with Crippen LogP contribution in [0.25, 0.3) is 0 Å². The van der Waals surface area contributed by atoms with Gasteiger partial charge in [-0.1, -0.05) is 38.5 Å². The summed E-state index contributed by atoms with van der Waals surface area (Å²) in [6.45, 7) is 12.6. The third kappa shape index (κ3) is 4.74. The lowest BCUT2D eigenvalue weighted by atomic mass is 9.84. The van der Waals surface area contributed by atoms with Crippen molar-refractivity contribution >= 4 is 5.69 Å². The van der Waals surface area contributed by atoms with Gasteiger partial charge in [0.25, 0.3) is 0 Å². The molecule has 0 heterocycles. The van der Waals surface area contributed by atoms with Crippen molar-refractivity contribution in [3.63, 3.8) is 0 Å². The average molecular weight is 288 g/mol. The van der Waals surface area contributed by atoms with E-state index in [1.807, 2.05) is 0 Å². The number of benzene rings is 1. The Morgan fingerprint density at radius 3 is 2.52 bits per heavy atom. The monoisotopic (exact) mass is 288 g/mol. The van der Waals surface area contributed by atoms with Crippen molar-refractivity contribution < 1.29 is 0 Å². The number of aryl methyl sites for hydroxylation is 1. The van der Waals surface area contributed by atoms with E-state index in [2.05, 4.69) is 62.2 Å². The molecule has 2 heteroatoms. The first-order valence-corrected chi connectivity index (χ1v) is 8.62. The Morgan fingerprint density at radius 1 is 1.24 bits per heavy atom. The van der Waals surface area contributed by atoms with E-state index in [9.17, 15) is 0 Å². The maximum absolute atomic E-state index is 3.75. The third-order valence-corrected chi connectivity index (χ3v) is 4.66. The topological polar surface area (TPSA) is 15.3 Å². The van der Waals surface area contributed by atoms with Crippen molar-refractivity contribution in [1.82, 2.24) is 5.32 Å². The first kappa shape index (κ1) is 16.4. The number of nitrogens with zero attached hydrogens (tertiary/aromatic N) is 1. The summed E-state index contributed by atoms with van der Waals surface area (Å²) in [6.07, 6.45) is 5.29. The van der Waals surface area contributed by atoms with Gasteiger partial charge in [0, 0.05) is 31.4 Å². The molecule has 1 atom stereocenters. The van der Waals surface area contributed by atoms with Crippen LogP contribution in [0.15, 0.2) is 24.3 Å². The van der Waals surface area contributed by atoms with Gasteiger partial charge in [0.05, 0.1) is 0 Å². The molecular formula is C19H32N2. The molecule has 1 aromatic carbocycles. The quantitative estimate of drug-likeness (QED) is 0.725. The summed E-state index contributed by atoms with van der Waals surface area (Å²) in [6, 6.07) is 9.57. The fourth-order valence-corrected chi connectivity index (χ4v) is 3.25. The van der Waals surface area contributed by atoms with Crippen molar-refractivity contribution in [2.75, 3.05) is 24.5 Å². The molecule has 21 heavy (non-hydrogen) atoms. The van der Waals surface area contributed by atoms with Crippen molar-refractivity contribution in [2.45, 2.75) is 59.4 Å². The van der Waals surface area contributed by atoms with Crippen molar-refractivity contribution in [3.8, 4) is 0 Å². The summed E-state index contributed by atoms with van der Waals surface area (Å²) in [7, 11) is 0. The zero-order chi connectivity index (χ0) is 15.3. The molecule has 0 bridgehead atoms. The lowest BCUT2D eigenvalue weighted by molar-refractivity contribution is 0.280. The van der Waals surface area contributed by atoms with E-state index < -0.39 is 0 Å². The van der Waals surface area contributed by atoms with Crippen LogP contribution in [0.5, 0.6) is 0 Å². The zero-order valence-electron chi connectivity index (χ0n) is 14.3. The molecule has 1 N–H and O–H groups in total. The predicted octanol–water partition coefficient (Wildman–Crippen LogP) is 4.38. The highest BCUT2D eigenvalue weighted by Gasteiger charge is 2.29. The number of nitrogens with one attached hydrogen (secondary N) is 1. The largest absolute Gasteiger partial charge is 0.371 e. The normalized spacial score (nSPS) is 17.5. The second-order valence-corrected chi connectivity index (χ2v) is 7.02. The summed E-state index contributed by atoms with van der Waals surface area (Å²) in [5.74, 6) is 0. The molecule has 0 saturated heterocycles. The highest BCUT2D eigenvalue weighted by Crippen LogP contribution is 2.30. The number of hydrogen-bond donors (Lipinski definition) is 1. The molecule has 0 amide bonds. The standard InChI is InChI=1S/C19H32N2/c1-5-13-19(4,14-20-17-11-12-17)15-21(6-2)18-10-8-7-9-16(18)3/h7-10,17,20H,5-6,11-15H2,1-4H3. The first-order chi connectivity index (χ1) is 10.1. The molecule has 0 radical (unpaired) electrons. The van der Waals surface area contributed by atoms with Crippen LogP contribution in [0.1, 0.15) is 52.0 Å². The molecule has 2 rings (SSSR count). The fraction of sp³-hybridized carbons (Fsp3) is 0.684. The summed E-state index contributed by atoms with van der Waals surface area (Å²) >= 11 is 0. The van der Waals surface area contributed by atoms with E-state index >= 15 is 0 Å². The van der Waals surface area contributed by atoms with E-state index in [1.54, 1.807) is 0 Å². The molecular weight excluding hydrogens is 256 g/mol. The minimum absolute atomic E-state index is 0.357. The summed E-state index contributed by atoms with van der Waals surface area (Å²) < 4.78 is 0. The van der Waals surface area contributed by atoms with Gasteiger partial charge in [-0.05, 0) is 50.2 Å². The maximum Gasteiger partial charge on any atom is 0.0396 e. The lowest BCUT2D eigenvalue weighted by Crippen LogP contribution is -2.43. The van der Waals surface area contributed by atoms with Crippen LogP contribution < -0.4 is 10.2 Å². The number of anilines is 1. The highest BCUT2D eigenvalue weighted by atomic mass is 15.1. The van der Waals surface area contributed by atoms with E-state index in [-0.39, 0.29) is 0 Å². The van der Waals surface area contributed by atoms with Gasteiger partial charge >= 0.3 is 0 Å². The van der Waals surface area contributed by atoms with E-state index in [0.717, 1.165) is 25.7 Å². The minimum Gasteiger partial charge on any atom is -0.371 e. The molecule has 1 aliphatic rings. The predicted molar refractivity (Wildman–Crippen MR) is 93.1 cm³/mol. The highest BCUT2D eigenvalue weighted by molar-refractivity contribution is 5.53. The number of hydrogen-bond acceptors (Lipinski definition) is 2. The Bertz CT molecular complexity index is 439. The van der Waals surface area contributed by atoms with Gasteiger partial charge in [-0.25, -0.2) is 0 Å². The van der Waals surface area contributed by atoms with Crippen LogP contribution in [0.2, 0.25) is 0 Å². The van der Waals surface area contributed by atoms with Crippen LogP contribution in [-0.2, 0) is 0 Å². The number of para-hydroxylation sites is 1. The molecule has 1 saturated carbocycles. The van der Waals surface area contributed by atoms with Gasteiger partial charge < -0.3 is 10.2 Å². The Morgan fingerprint density at radius 2 is 1.95 bits per heavy atom. The third-order valence-electron chi connectivity index (χ3n) is 4.66. The summed E-state index contributed by atoms with van der Waals surface area (Å²) in [4.78, 5) is 2.56. The summed E-state index contributed by atoms with van der Waals surface area (Å²) in [5.41, 5.74) is 3.14. The van der Waals surface area contributed by atoms with Gasteiger partial charge in [-0.3, -0.25) is 0 Å². The SMILES string of the molecule is CCCC(C)(CNC1CC1)CN(CC)c1ccccc1C. The molecule has 2 nitrogen and oxygen atoms in total. The Kier molecular flexibility index (Phi) is 5.69. The maximum atomic E-state index is 3.75. The van der Waals surface area contributed by atoms with Gasteiger partial charge in [0.1, 0.15) is 0 Å². The van der Waals surface area contributed by atoms with Crippen molar-refractivity contribution in [2.24, 2.45) is 5.41 Å². The Balaban J connectivity index is 2.06. The van der Waals surface area contributed by atoms with E-state index in [0.29, 0.717) is 5.41 Å². The zero-order valence-corrected chi connectivity index (χ0v) is 14.3. The van der Waals surface area contributed by atoms with Crippen LogP contribution in [0.4, 0.5) is 5.69 Å². The molecule has 1 aliphatic carbocycles. The van der Waals surface area contributed by atoms with E-state index in [4.69, 9.17) is 0 Å². The van der Waals surface area contributed by atoms with Gasteiger partial charge in [0.15, 0.2) is 0 Å². The molecule has 0 aliphatic heterocycles. The molecule has 0 aromatic heterocycles. The van der Waals surface area contributed by atoms with Crippen LogP contribution in [0, 0.1) is 12.3 Å².